The van der Waals surface area contributed by atoms with E-state index in [4.69, 9.17) is 0 Å². The Morgan fingerprint density at radius 3 is 2.68 bits per heavy atom. The van der Waals surface area contributed by atoms with Crippen molar-refractivity contribution in [2.24, 2.45) is 5.92 Å². The van der Waals surface area contributed by atoms with Gasteiger partial charge in [-0.15, -0.1) is 0 Å². The molecular formula is C20H24N6O2. The highest BCUT2D eigenvalue weighted by Gasteiger charge is 2.24. The van der Waals surface area contributed by atoms with Crippen molar-refractivity contribution in [1.29, 1.82) is 0 Å². The minimum Gasteiger partial charge on any atom is -0.348 e. The fraction of sp³-hybridized carbons (Fsp3) is 0.400. The van der Waals surface area contributed by atoms with Gasteiger partial charge in [0.25, 0.3) is 0 Å². The normalized spacial score (nSPS) is 15.1. The number of piperidine rings is 1. The smallest absolute Gasteiger partial charge is 0.347 e. The first-order chi connectivity index (χ1) is 13.7. The summed E-state index contributed by atoms with van der Waals surface area (Å²) in [4.78, 5) is 33.6. The van der Waals surface area contributed by atoms with Crippen LogP contribution in [0.3, 0.4) is 0 Å². The van der Waals surface area contributed by atoms with Gasteiger partial charge in [0.15, 0.2) is 0 Å². The number of hydrogen-bond donors (Lipinski definition) is 2. The van der Waals surface area contributed by atoms with E-state index in [0.717, 1.165) is 49.6 Å². The topological polar surface area (TPSA) is 99.7 Å². The molecule has 8 heteroatoms. The molecule has 1 aromatic carbocycles. The van der Waals surface area contributed by atoms with Gasteiger partial charge in [0.05, 0.1) is 12.0 Å². The van der Waals surface area contributed by atoms with Gasteiger partial charge in [0.1, 0.15) is 5.82 Å². The summed E-state index contributed by atoms with van der Waals surface area (Å²) in [6.07, 6.45) is 7.15. The second-order valence-corrected chi connectivity index (χ2v) is 7.22. The van der Waals surface area contributed by atoms with E-state index in [1.807, 2.05) is 35.2 Å². The first-order valence-corrected chi connectivity index (χ1v) is 9.67. The second kappa shape index (κ2) is 8.24. The first kappa shape index (κ1) is 18.2. The Bertz CT molecular complexity index is 952. The van der Waals surface area contributed by atoms with Crippen molar-refractivity contribution < 1.29 is 4.79 Å². The number of carbonyl (C=O) groups is 1. The van der Waals surface area contributed by atoms with E-state index in [1.165, 1.54) is 0 Å². The Balaban J connectivity index is 1.33. The first-order valence-electron chi connectivity index (χ1n) is 9.67. The highest BCUT2D eigenvalue weighted by atomic mass is 16.2. The summed E-state index contributed by atoms with van der Waals surface area (Å²) in [5, 5.41) is 6.80. The van der Waals surface area contributed by atoms with E-state index in [0.29, 0.717) is 18.8 Å². The zero-order valence-corrected chi connectivity index (χ0v) is 15.7. The number of para-hydroxylation sites is 1. The molecule has 1 fully saturated rings. The fourth-order valence-corrected chi connectivity index (χ4v) is 3.78. The molecule has 0 spiro atoms. The van der Waals surface area contributed by atoms with Crippen molar-refractivity contribution in [2.75, 3.05) is 13.1 Å². The molecule has 1 saturated heterocycles. The van der Waals surface area contributed by atoms with Gasteiger partial charge in [-0.3, -0.25) is 4.79 Å². The van der Waals surface area contributed by atoms with Crippen LogP contribution in [0.2, 0.25) is 0 Å². The largest absolute Gasteiger partial charge is 0.348 e. The van der Waals surface area contributed by atoms with E-state index in [9.17, 15) is 9.59 Å². The van der Waals surface area contributed by atoms with Crippen molar-refractivity contribution in [3.05, 3.63) is 64.9 Å². The molecule has 0 saturated carbocycles. The molecule has 1 aliphatic heterocycles. The summed E-state index contributed by atoms with van der Waals surface area (Å²) in [5.41, 5.74) is 1.59. The number of nitrogens with one attached hydrogen (secondary N) is 2. The second-order valence-electron chi connectivity index (χ2n) is 7.22. The molecule has 4 rings (SSSR count). The molecule has 8 nitrogen and oxygen atoms in total. The molecule has 1 aliphatic rings. The van der Waals surface area contributed by atoms with E-state index in [1.54, 1.807) is 17.1 Å². The standard InChI is InChI=1S/C20H24N6O2/c27-19(7-6-16-13-21-14-22-16)25-10-8-15(9-11-25)12-18-23-24-20(28)26(18)17-4-2-1-3-5-17/h1-5,13-15H,6-12H2,(H,21,22)(H,24,28). The van der Waals surface area contributed by atoms with Crippen LogP contribution in [0, 0.1) is 5.92 Å². The maximum atomic E-state index is 12.4. The number of nitrogens with zero attached hydrogens (tertiary/aromatic N) is 4. The third-order valence-corrected chi connectivity index (χ3v) is 5.36. The lowest BCUT2D eigenvalue weighted by Crippen LogP contribution is -2.39. The summed E-state index contributed by atoms with van der Waals surface area (Å²) in [6.45, 7) is 1.51. The lowest BCUT2D eigenvalue weighted by Gasteiger charge is -2.32. The van der Waals surface area contributed by atoms with Gasteiger partial charge in [-0.2, -0.15) is 5.10 Å². The van der Waals surface area contributed by atoms with Gasteiger partial charge >= 0.3 is 5.69 Å². The lowest BCUT2D eigenvalue weighted by molar-refractivity contribution is -0.132. The quantitative estimate of drug-likeness (QED) is 0.680. The number of likely N-dealkylation sites (tertiary alicyclic amines) is 1. The fourth-order valence-electron chi connectivity index (χ4n) is 3.78. The molecule has 0 atom stereocenters. The van der Waals surface area contributed by atoms with Gasteiger partial charge in [0.2, 0.25) is 5.91 Å². The van der Waals surface area contributed by atoms with Crippen LogP contribution in [0.1, 0.15) is 30.8 Å². The Kier molecular flexibility index (Phi) is 5.36. The zero-order chi connectivity index (χ0) is 19.3. The molecule has 28 heavy (non-hydrogen) atoms. The molecule has 0 unspecified atom stereocenters. The van der Waals surface area contributed by atoms with Crippen molar-refractivity contribution in [2.45, 2.75) is 32.1 Å². The van der Waals surface area contributed by atoms with Crippen molar-refractivity contribution in [3.8, 4) is 5.69 Å². The van der Waals surface area contributed by atoms with Crippen LogP contribution in [0.4, 0.5) is 0 Å². The van der Waals surface area contributed by atoms with Crippen LogP contribution >= 0.6 is 0 Å². The Morgan fingerprint density at radius 1 is 1.18 bits per heavy atom. The summed E-state index contributed by atoms with van der Waals surface area (Å²) < 4.78 is 1.64. The average molecular weight is 380 g/mol. The van der Waals surface area contributed by atoms with Crippen LogP contribution in [0.25, 0.3) is 5.69 Å². The van der Waals surface area contributed by atoms with Crippen LogP contribution in [-0.4, -0.2) is 48.6 Å². The van der Waals surface area contributed by atoms with E-state index in [-0.39, 0.29) is 11.6 Å². The minimum absolute atomic E-state index is 0.189. The number of carbonyl (C=O) groups excluding carboxylic acids is 1. The summed E-state index contributed by atoms with van der Waals surface area (Å²) in [6, 6.07) is 9.55. The van der Waals surface area contributed by atoms with Gasteiger partial charge in [0, 0.05) is 37.8 Å². The number of aromatic amines is 2. The van der Waals surface area contributed by atoms with Crippen molar-refractivity contribution >= 4 is 5.91 Å². The molecule has 3 heterocycles. The SMILES string of the molecule is O=C(CCc1cnc[nH]1)N1CCC(Cc2n[nH]c(=O)n2-c2ccccc2)CC1. The molecule has 2 aromatic heterocycles. The van der Waals surface area contributed by atoms with Crippen molar-refractivity contribution in [3.63, 3.8) is 0 Å². The summed E-state index contributed by atoms with van der Waals surface area (Å²) in [7, 11) is 0. The Morgan fingerprint density at radius 2 is 1.96 bits per heavy atom. The number of rotatable bonds is 6. The van der Waals surface area contributed by atoms with E-state index in [2.05, 4.69) is 20.2 Å². The summed E-state index contributed by atoms with van der Waals surface area (Å²) in [5.74, 6) is 1.35. The number of amides is 1. The van der Waals surface area contributed by atoms with Crippen molar-refractivity contribution in [1.82, 2.24) is 29.6 Å². The predicted molar refractivity (Wildman–Crippen MR) is 104 cm³/mol. The number of aromatic nitrogens is 5. The number of hydrogen-bond acceptors (Lipinski definition) is 4. The van der Waals surface area contributed by atoms with Gasteiger partial charge in [-0.1, -0.05) is 18.2 Å². The molecule has 0 bridgehead atoms. The summed E-state index contributed by atoms with van der Waals surface area (Å²) >= 11 is 0. The Hall–Kier alpha value is -3.16. The predicted octanol–water partition coefficient (Wildman–Crippen LogP) is 1.70. The highest BCUT2D eigenvalue weighted by Crippen LogP contribution is 2.22. The molecular weight excluding hydrogens is 356 g/mol. The molecule has 0 aliphatic carbocycles. The number of H-pyrrole nitrogens is 2. The Labute approximate surface area is 162 Å². The number of imidazole rings is 1. The van der Waals surface area contributed by atoms with Gasteiger partial charge < -0.3 is 9.88 Å². The minimum atomic E-state index is -0.215. The molecule has 0 radical (unpaired) electrons. The maximum Gasteiger partial charge on any atom is 0.347 e. The monoisotopic (exact) mass is 380 g/mol. The molecule has 1 amide bonds. The van der Waals surface area contributed by atoms with Crippen LogP contribution in [-0.2, 0) is 17.6 Å². The highest BCUT2D eigenvalue weighted by molar-refractivity contribution is 5.76. The van der Waals surface area contributed by atoms with Gasteiger partial charge in [-0.05, 0) is 37.3 Å². The van der Waals surface area contributed by atoms with Crippen LogP contribution in [0.15, 0.2) is 47.7 Å². The average Bonchev–Trinajstić information content (AvgIpc) is 3.37. The maximum absolute atomic E-state index is 12.4. The molecule has 146 valence electrons. The number of benzene rings is 1. The molecule has 3 aromatic rings. The number of aryl methyl sites for hydroxylation is 1. The third kappa shape index (κ3) is 4.05. The zero-order valence-electron chi connectivity index (χ0n) is 15.7. The van der Waals surface area contributed by atoms with E-state index < -0.39 is 0 Å². The third-order valence-electron chi connectivity index (χ3n) is 5.36. The van der Waals surface area contributed by atoms with Crippen LogP contribution in [0.5, 0.6) is 0 Å². The lowest BCUT2D eigenvalue weighted by atomic mass is 9.93. The van der Waals surface area contributed by atoms with Crippen LogP contribution < -0.4 is 5.69 Å². The van der Waals surface area contributed by atoms with Gasteiger partial charge in [-0.25, -0.2) is 19.4 Å². The molecule has 2 N–H and O–H groups in total. The van der Waals surface area contributed by atoms with E-state index >= 15 is 0 Å².